The molecule has 0 aromatic carbocycles. The summed E-state index contributed by atoms with van der Waals surface area (Å²) in [5.74, 6) is 0.276. The predicted octanol–water partition coefficient (Wildman–Crippen LogP) is 0.144. The first kappa shape index (κ1) is 16.4. The second kappa shape index (κ2) is 7.79. The predicted molar refractivity (Wildman–Crippen MR) is 69.5 cm³/mol. The molecule has 1 amide bonds. The number of ether oxygens (including phenoxy) is 3. The third-order valence-corrected chi connectivity index (χ3v) is 3.77. The van der Waals surface area contributed by atoms with Crippen LogP contribution in [0.1, 0.15) is 20.8 Å². The lowest BCUT2D eigenvalue weighted by Gasteiger charge is -2.44. The number of rotatable bonds is 6. The molecule has 0 radical (unpaired) electrons. The summed E-state index contributed by atoms with van der Waals surface area (Å²) in [6.07, 6.45) is -0.501. The van der Waals surface area contributed by atoms with Gasteiger partial charge in [-0.15, -0.1) is 0 Å². The van der Waals surface area contributed by atoms with Gasteiger partial charge in [-0.25, -0.2) is 0 Å². The fourth-order valence-electron chi connectivity index (χ4n) is 2.50. The molecular weight excluding hydrogens is 250 g/mol. The minimum Gasteiger partial charge on any atom is -0.394 e. The van der Waals surface area contributed by atoms with E-state index in [2.05, 4.69) is 12.2 Å². The van der Waals surface area contributed by atoms with Crippen LogP contribution < -0.4 is 5.32 Å². The van der Waals surface area contributed by atoms with Crippen LogP contribution in [0.2, 0.25) is 0 Å². The van der Waals surface area contributed by atoms with Crippen molar-refractivity contribution in [1.29, 1.82) is 0 Å². The first-order valence-electron chi connectivity index (χ1n) is 6.61. The van der Waals surface area contributed by atoms with Crippen molar-refractivity contribution in [1.82, 2.24) is 5.32 Å². The Kier molecular flexibility index (Phi) is 6.71. The molecule has 1 aliphatic rings. The third kappa shape index (κ3) is 4.42. The van der Waals surface area contributed by atoms with E-state index in [1.54, 1.807) is 7.11 Å². The Labute approximate surface area is 114 Å². The van der Waals surface area contributed by atoms with Crippen LogP contribution in [-0.4, -0.2) is 56.4 Å². The first-order chi connectivity index (χ1) is 9.01. The van der Waals surface area contributed by atoms with Crippen LogP contribution in [0.3, 0.4) is 0 Å². The molecule has 0 saturated carbocycles. The lowest BCUT2D eigenvalue weighted by Crippen LogP contribution is -2.58. The Hall–Kier alpha value is -0.690. The summed E-state index contributed by atoms with van der Waals surface area (Å²) in [5.41, 5.74) is 0. The molecule has 1 unspecified atom stereocenters. The largest absolute Gasteiger partial charge is 0.394 e. The molecule has 1 fully saturated rings. The average molecular weight is 275 g/mol. The number of methoxy groups -OCH3 is 1. The van der Waals surface area contributed by atoms with E-state index in [9.17, 15) is 9.90 Å². The number of aliphatic hydroxyl groups excluding tert-OH is 1. The Bertz CT molecular complexity index is 286. The molecular formula is C13H25NO5. The number of hydrogen-bond acceptors (Lipinski definition) is 5. The molecule has 1 aliphatic heterocycles. The van der Waals surface area contributed by atoms with Crippen LogP contribution in [0.4, 0.5) is 0 Å². The molecule has 0 aromatic heterocycles. The molecule has 0 aliphatic carbocycles. The molecule has 0 spiro atoms. The van der Waals surface area contributed by atoms with Crippen molar-refractivity contribution in [3.63, 3.8) is 0 Å². The monoisotopic (exact) mass is 275 g/mol. The Balaban J connectivity index is 2.71. The lowest BCUT2D eigenvalue weighted by molar-refractivity contribution is -0.170. The molecule has 5 atom stereocenters. The SMILES string of the molecule is COCOC[C@@H]1OC(CO)[C@@H](C)[C@@H](C)[C@@H]1NC(C)=O. The van der Waals surface area contributed by atoms with E-state index in [-0.39, 0.29) is 49.4 Å². The van der Waals surface area contributed by atoms with Crippen LogP contribution in [0.15, 0.2) is 0 Å². The van der Waals surface area contributed by atoms with Gasteiger partial charge < -0.3 is 24.6 Å². The van der Waals surface area contributed by atoms with Gasteiger partial charge in [0.15, 0.2) is 0 Å². The van der Waals surface area contributed by atoms with Gasteiger partial charge in [-0.1, -0.05) is 13.8 Å². The zero-order valence-corrected chi connectivity index (χ0v) is 12.1. The van der Waals surface area contributed by atoms with E-state index in [1.165, 1.54) is 6.92 Å². The van der Waals surface area contributed by atoms with Crippen molar-refractivity contribution >= 4 is 5.91 Å². The van der Waals surface area contributed by atoms with Gasteiger partial charge >= 0.3 is 0 Å². The maximum Gasteiger partial charge on any atom is 0.217 e. The molecule has 19 heavy (non-hydrogen) atoms. The van der Waals surface area contributed by atoms with Crippen LogP contribution in [0.25, 0.3) is 0 Å². The fourth-order valence-corrected chi connectivity index (χ4v) is 2.50. The van der Waals surface area contributed by atoms with E-state index in [0.717, 1.165) is 0 Å². The van der Waals surface area contributed by atoms with E-state index in [1.807, 2.05) is 6.92 Å². The Morgan fingerprint density at radius 3 is 2.53 bits per heavy atom. The smallest absolute Gasteiger partial charge is 0.217 e. The van der Waals surface area contributed by atoms with Gasteiger partial charge in [-0.2, -0.15) is 0 Å². The topological polar surface area (TPSA) is 77.0 Å². The number of carbonyl (C=O) groups is 1. The van der Waals surface area contributed by atoms with Gasteiger partial charge in [0.05, 0.1) is 25.4 Å². The quantitative estimate of drug-likeness (QED) is 0.533. The van der Waals surface area contributed by atoms with Crippen molar-refractivity contribution in [3.05, 3.63) is 0 Å². The standard InChI is InChI=1S/C13H25NO5/c1-8-9(2)13(14-10(3)16)12(6-18-7-17-4)19-11(8)5-15/h8-9,11-13,15H,5-7H2,1-4H3,(H,14,16)/t8-,9+,11?,12-,13-/m0/s1. The summed E-state index contributed by atoms with van der Waals surface area (Å²) < 4.78 is 16.0. The molecule has 112 valence electrons. The third-order valence-electron chi connectivity index (χ3n) is 3.77. The maximum absolute atomic E-state index is 11.3. The van der Waals surface area contributed by atoms with Crippen molar-refractivity contribution in [2.45, 2.75) is 39.0 Å². The number of hydrogen-bond donors (Lipinski definition) is 2. The van der Waals surface area contributed by atoms with E-state index in [0.29, 0.717) is 6.61 Å². The zero-order valence-electron chi connectivity index (χ0n) is 12.1. The molecule has 0 aromatic rings. The fraction of sp³-hybridized carbons (Fsp3) is 0.923. The van der Waals surface area contributed by atoms with Gasteiger partial charge in [0.1, 0.15) is 12.9 Å². The number of nitrogens with one attached hydrogen (secondary N) is 1. The first-order valence-corrected chi connectivity index (χ1v) is 6.61. The second-order valence-electron chi connectivity index (χ2n) is 5.12. The highest BCUT2D eigenvalue weighted by molar-refractivity contribution is 5.73. The van der Waals surface area contributed by atoms with Crippen molar-refractivity contribution in [2.24, 2.45) is 11.8 Å². The normalized spacial score (nSPS) is 35.1. The van der Waals surface area contributed by atoms with Gasteiger partial charge in [-0.05, 0) is 11.8 Å². The summed E-state index contributed by atoms with van der Waals surface area (Å²) in [7, 11) is 1.55. The molecule has 6 heteroatoms. The number of aliphatic hydroxyl groups is 1. The summed E-state index contributed by atoms with van der Waals surface area (Å²) in [4.78, 5) is 11.3. The molecule has 1 heterocycles. The molecule has 2 N–H and O–H groups in total. The lowest BCUT2D eigenvalue weighted by atomic mass is 9.80. The molecule has 0 bridgehead atoms. The Morgan fingerprint density at radius 2 is 2.00 bits per heavy atom. The van der Waals surface area contributed by atoms with Gasteiger partial charge in [0.25, 0.3) is 0 Å². The maximum atomic E-state index is 11.3. The number of amides is 1. The van der Waals surface area contributed by atoms with E-state index in [4.69, 9.17) is 14.2 Å². The summed E-state index contributed by atoms with van der Waals surface area (Å²) in [6.45, 7) is 6.04. The van der Waals surface area contributed by atoms with Crippen LogP contribution >= 0.6 is 0 Å². The van der Waals surface area contributed by atoms with Gasteiger partial charge in [-0.3, -0.25) is 4.79 Å². The van der Waals surface area contributed by atoms with E-state index >= 15 is 0 Å². The highest BCUT2D eigenvalue weighted by Crippen LogP contribution is 2.30. The van der Waals surface area contributed by atoms with Crippen LogP contribution in [0.5, 0.6) is 0 Å². The molecule has 6 nitrogen and oxygen atoms in total. The average Bonchev–Trinajstić information content (AvgIpc) is 2.37. The summed E-state index contributed by atoms with van der Waals surface area (Å²) in [5, 5.41) is 12.3. The Morgan fingerprint density at radius 1 is 1.32 bits per heavy atom. The minimum absolute atomic E-state index is 0.0287. The number of carbonyl (C=O) groups excluding carboxylic acids is 1. The van der Waals surface area contributed by atoms with Gasteiger partial charge in [0.2, 0.25) is 5.91 Å². The van der Waals surface area contributed by atoms with Crippen LogP contribution in [0, 0.1) is 11.8 Å². The molecule has 1 rings (SSSR count). The van der Waals surface area contributed by atoms with E-state index < -0.39 is 0 Å². The molecule has 1 saturated heterocycles. The highest BCUT2D eigenvalue weighted by atomic mass is 16.7. The summed E-state index contributed by atoms with van der Waals surface area (Å²) >= 11 is 0. The second-order valence-corrected chi connectivity index (χ2v) is 5.12. The zero-order chi connectivity index (χ0) is 14.4. The van der Waals surface area contributed by atoms with Crippen LogP contribution in [-0.2, 0) is 19.0 Å². The highest BCUT2D eigenvalue weighted by Gasteiger charge is 2.41. The van der Waals surface area contributed by atoms with Gasteiger partial charge in [0, 0.05) is 14.0 Å². The summed E-state index contributed by atoms with van der Waals surface area (Å²) in [6, 6.07) is -0.118. The van der Waals surface area contributed by atoms with Crippen molar-refractivity contribution in [2.75, 3.05) is 27.1 Å². The van der Waals surface area contributed by atoms with Crippen molar-refractivity contribution < 1.29 is 24.1 Å². The van der Waals surface area contributed by atoms with Crippen molar-refractivity contribution in [3.8, 4) is 0 Å². The minimum atomic E-state index is -0.276.